The first-order valence-corrected chi connectivity index (χ1v) is 8.09. The molecule has 132 valence electrons. The van der Waals surface area contributed by atoms with Gasteiger partial charge in [0.1, 0.15) is 11.5 Å². The van der Waals surface area contributed by atoms with E-state index in [2.05, 4.69) is 5.32 Å². The highest BCUT2D eigenvalue weighted by Crippen LogP contribution is 2.29. The van der Waals surface area contributed by atoms with Crippen molar-refractivity contribution >= 4 is 17.6 Å². The van der Waals surface area contributed by atoms with Gasteiger partial charge >= 0.3 is 6.03 Å². The molecule has 7 nitrogen and oxygen atoms in total. The molecule has 2 rings (SSSR count). The van der Waals surface area contributed by atoms with Gasteiger partial charge in [-0.05, 0) is 37.3 Å². The summed E-state index contributed by atoms with van der Waals surface area (Å²) in [6, 6.07) is 5.11. The van der Waals surface area contributed by atoms with E-state index in [1.165, 1.54) is 0 Å². The Labute approximate surface area is 142 Å². The molecular weight excluding hydrogens is 310 g/mol. The number of nitrogens with zero attached hydrogens (tertiary/aromatic N) is 1. The third-order valence-corrected chi connectivity index (χ3v) is 4.35. The maximum atomic E-state index is 12.5. The SMILES string of the molecule is COc1ccc(OC)c(NC(=O)N2CCC(CCC(N)=O)CC2)c1. The van der Waals surface area contributed by atoms with Crippen LogP contribution in [0, 0.1) is 5.92 Å². The summed E-state index contributed by atoms with van der Waals surface area (Å²) < 4.78 is 10.5. The van der Waals surface area contributed by atoms with Gasteiger partial charge in [0.05, 0.1) is 19.9 Å². The molecule has 3 N–H and O–H groups in total. The zero-order valence-corrected chi connectivity index (χ0v) is 14.2. The van der Waals surface area contributed by atoms with Crippen LogP contribution in [0.25, 0.3) is 0 Å². The maximum absolute atomic E-state index is 12.5. The summed E-state index contributed by atoms with van der Waals surface area (Å²) in [7, 11) is 3.13. The van der Waals surface area contributed by atoms with E-state index in [0.717, 1.165) is 19.3 Å². The molecule has 0 radical (unpaired) electrons. The quantitative estimate of drug-likeness (QED) is 0.833. The van der Waals surface area contributed by atoms with E-state index in [1.54, 1.807) is 37.3 Å². The predicted molar refractivity (Wildman–Crippen MR) is 91.3 cm³/mol. The third kappa shape index (κ3) is 4.78. The number of hydrogen-bond donors (Lipinski definition) is 2. The van der Waals surface area contributed by atoms with Crippen molar-refractivity contribution in [3.63, 3.8) is 0 Å². The van der Waals surface area contributed by atoms with Crippen LogP contribution in [0.4, 0.5) is 10.5 Å². The topological polar surface area (TPSA) is 93.9 Å². The predicted octanol–water partition coefficient (Wildman–Crippen LogP) is 2.21. The van der Waals surface area contributed by atoms with E-state index in [0.29, 0.717) is 42.6 Å². The van der Waals surface area contributed by atoms with Crippen molar-refractivity contribution in [3.05, 3.63) is 18.2 Å². The highest BCUT2D eigenvalue weighted by Gasteiger charge is 2.23. The lowest BCUT2D eigenvalue weighted by Crippen LogP contribution is -2.41. The van der Waals surface area contributed by atoms with Gasteiger partial charge in [-0.2, -0.15) is 0 Å². The first kappa shape index (κ1) is 17.9. The van der Waals surface area contributed by atoms with Crippen molar-refractivity contribution in [2.24, 2.45) is 11.7 Å². The van der Waals surface area contributed by atoms with E-state index in [-0.39, 0.29) is 11.9 Å². The number of nitrogens with one attached hydrogen (secondary N) is 1. The molecule has 1 aliphatic heterocycles. The number of likely N-dealkylation sites (tertiary alicyclic amines) is 1. The number of urea groups is 1. The zero-order chi connectivity index (χ0) is 17.5. The summed E-state index contributed by atoms with van der Waals surface area (Å²) in [6.45, 7) is 1.34. The Hall–Kier alpha value is -2.44. The molecule has 0 bridgehead atoms. The Kier molecular flexibility index (Phi) is 6.28. The molecule has 3 amide bonds. The van der Waals surface area contributed by atoms with Crippen molar-refractivity contribution in [3.8, 4) is 11.5 Å². The second-order valence-corrected chi connectivity index (χ2v) is 5.93. The van der Waals surface area contributed by atoms with Crippen LogP contribution >= 0.6 is 0 Å². The number of hydrogen-bond acceptors (Lipinski definition) is 4. The molecule has 1 saturated heterocycles. The molecule has 0 spiro atoms. The molecule has 1 aromatic carbocycles. The average Bonchev–Trinajstić information content (AvgIpc) is 2.60. The van der Waals surface area contributed by atoms with Gasteiger partial charge in [-0.1, -0.05) is 0 Å². The third-order valence-electron chi connectivity index (χ3n) is 4.35. The number of amides is 3. The smallest absolute Gasteiger partial charge is 0.321 e. The van der Waals surface area contributed by atoms with Gasteiger partial charge in [0, 0.05) is 25.6 Å². The van der Waals surface area contributed by atoms with E-state index in [9.17, 15) is 9.59 Å². The first-order chi connectivity index (χ1) is 11.5. The number of nitrogens with two attached hydrogens (primary N) is 1. The van der Waals surface area contributed by atoms with Crippen LogP contribution in [0.5, 0.6) is 11.5 Å². The van der Waals surface area contributed by atoms with Gasteiger partial charge in [-0.3, -0.25) is 4.79 Å². The Bertz CT molecular complexity index is 583. The first-order valence-electron chi connectivity index (χ1n) is 8.09. The lowest BCUT2D eigenvalue weighted by atomic mass is 9.92. The molecule has 7 heteroatoms. The number of carbonyl (C=O) groups excluding carboxylic acids is 2. The zero-order valence-electron chi connectivity index (χ0n) is 14.2. The number of anilines is 1. The van der Waals surface area contributed by atoms with Gasteiger partial charge in [0.15, 0.2) is 0 Å². The van der Waals surface area contributed by atoms with Crippen molar-refractivity contribution in [1.29, 1.82) is 0 Å². The van der Waals surface area contributed by atoms with Crippen LogP contribution in [0.15, 0.2) is 18.2 Å². The molecule has 0 aliphatic carbocycles. The number of rotatable bonds is 6. The highest BCUT2D eigenvalue weighted by atomic mass is 16.5. The number of piperidine rings is 1. The normalized spacial score (nSPS) is 15.0. The standard InChI is InChI=1S/C17H25N3O4/c1-23-13-4-5-15(24-2)14(11-13)19-17(22)20-9-7-12(8-10-20)3-6-16(18)21/h4-5,11-12H,3,6-10H2,1-2H3,(H2,18,21)(H,19,22). The summed E-state index contributed by atoms with van der Waals surface area (Å²) >= 11 is 0. The monoisotopic (exact) mass is 335 g/mol. The Morgan fingerprint density at radius 2 is 1.96 bits per heavy atom. The minimum atomic E-state index is -0.264. The summed E-state index contributed by atoms with van der Waals surface area (Å²) in [4.78, 5) is 25.1. The minimum Gasteiger partial charge on any atom is -0.497 e. The van der Waals surface area contributed by atoms with Crippen LogP contribution in [-0.4, -0.2) is 44.1 Å². The number of methoxy groups -OCH3 is 2. The van der Waals surface area contributed by atoms with Gasteiger partial charge in [-0.25, -0.2) is 4.79 Å². The summed E-state index contributed by atoms with van der Waals surface area (Å²) in [5, 5.41) is 2.88. The van der Waals surface area contributed by atoms with Crippen LogP contribution in [0.1, 0.15) is 25.7 Å². The molecule has 0 saturated carbocycles. The summed E-state index contributed by atoms with van der Waals surface area (Å²) in [5.74, 6) is 1.42. The highest BCUT2D eigenvalue weighted by molar-refractivity contribution is 5.91. The Morgan fingerprint density at radius 1 is 1.25 bits per heavy atom. The van der Waals surface area contributed by atoms with Gasteiger partial charge < -0.3 is 25.4 Å². The lowest BCUT2D eigenvalue weighted by Gasteiger charge is -2.32. The molecule has 1 fully saturated rings. The molecule has 1 aliphatic rings. The fourth-order valence-corrected chi connectivity index (χ4v) is 2.88. The molecule has 1 heterocycles. The van der Waals surface area contributed by atoms with Crippen molar-refractivity contribution in [1.82, 2.24) is 4.90 Å². The van der Waals surface area contributed by atoms with Gasteiger partial charge in [0.2, 0.25) is 5.91 Å². The van der Waals surface area contributed by atoms with Crippen LogP contribution in [-0.2, 0) is 4.79 Å². The fraction of sp³-hybridized carbons (Fsp3) is 0.529. The molecular formula is C17H25N3O4. The van der Waals surface area contributed by atoms with E-state index < -0.39 is 0 Å². The van der Waals surface area contributed by atoms with E-state index in [4.69, 9.17) is 15.2 Å². The van der Waals surface area contributed by atoms with Crippen molar-refractivity contribution in [2.45, 2.75) is 25.7 Å². The number of carbonyl (C=O) groups is 2. The molecule has 0 unspecified atom stereocenters. The number of benzene rings is 1. The molecule has 1 aromatic rings. The van der Waals surface area contributed by atoms with Crippen molar-refractivity contribution < 1.29 is 19.1 Å². The second-order valence-electron chi connectivity index (χ2n) is 5.93. The summed E-state index contributed by atoms with van der Waals surface area (Å²) in [6.07, 6.45) is 2.98. The average molecular weight is 335 g/mol. The number of primary amides is 1. The van der Waals surface area contributed by atoms with Crippen LogP contribution in [0.3, 0.4) is 0 Å². The van der Waals surface area contributed by atoms with E-state index >= 15 is 0 Å². The second kappa shape index (κ2) is 8.42. The maximum Gasteiger partial charge on any atom is 0.321 e. The Balaban J connectivity index is 1.91. The van der Waals surface area contributed by atoms with Crippen molar-refractivity contribution in [2.75, 3.05) is 32.6 Å². The number of ether oxygens (including phenoxy) is 2. The van der Waals surface area contributed by atoms with Crippen LogP contribution < -0.4 is 20.5 Å². The fourth-order valence-electron chi connectivity index (χ4n) is 2.88. The minimum absolute atomic E-state index is 0.157. The van der Waals surface area contributed by atoms with Crippen LogP contribution in [0.2, 0.25) is 0 Å². The largest absolute Gasteiger partial charge is 0.497 e. The molecule has 0 atom stereocenters. The Morgan fingerprint density at radius 3 is 2.54 bits per heavy atom. The molecule has 24 heavy (non-hydrogen) atoms. The lowest BCUT2D eigenvalue weighted by molar-refractivity contribution is -0.118. The van der Waals surface area contributed by atoms with Gasteiger partial charge in [0.25, 0.3) is 0 Å². The summed E-state index contributed by atoms with van der Waals surface area (Å²) in [5.41, 5.74) is 5.77. The van der Waals surface area contributed by atoms with Gasteiger partial charge in [-0.15, -0.1) is 0 Å². The van der Waals surface area contributed by atoms with E-state index in [1.807, 2.05) is 0 Å². The molecule has 0 aromatic heterocycles.